The van der Waals surface area contributed by atoms with E-state index in [2.05, 4.69) is 0 Å². The van der Waals surface area contributed by atoms with Crippen LogP contribution in [0.25, 0.3) is 11.1 Å². The molecule has 0 radical (unpaired) electrons. The number of imide groups is 1. The topological polar surface area (TPSA) is 54.5 Å². The Balaban J connectivity index is 1.52. The number of fused-ring (bicyclic) bond motifs is 5. The summed E-state index contributed by atoms with van der Waals surface area (Å²) < 4.78 is 42.3. The van der Waals surface area contributed by atoms with Crippen LogP contribution in [0.4, 0.5) is 18.9 Å². The molecule has 8 rings (SSSR count). The number of carbonyl (C=O) groups excluding carboxylic acids is 3. The fourth-order valence-electron chi connectivity index (χ4n) is 8.48. The van der Waals surface area contributed by atoms with Crippen molar-refractivity contribution in [2.75, 3.05) is 4.90 Å². The zero-order valence-electron chi connectivity index (χ0n) is 25.7. The number of Topliss-reactive ketones (excluding diaryl/α,β-unsaturated/α-hetero) is 1. The number of alkyl halides is 3. The minimum absolute atomic E-state index is 0.294. The predicted molar refractivity (Wildman–Crippen MR) is 187 cm³/mol. The minimum atomic E-state index is -4.86. The van der Waals surface area contributed by atoms with E-state index in [0.29, 0.717) is 49.5 Å². The number of anilines is 1. The lowest BCUT2D eigenvalue weighted by Gasteiger charge is -2.39. The van der Waals surface area contributed by atoms with Crippen LogP contribution in [0.15, 0.2) is 127 Å². The summed E-state index contributed by atoms with van der Waals surface area (Å²) in [5.41, 5.74) is -1.80. The van der Waals surface area contributed by atoms with E-state index >= 15 is 14.4 Å². The molecule has 0 N–H and O–H groups in total. The Kier molecular flexibility index (Phi) is 7.43. The van der Waals surface area contributed by atoms with Crippen molar-refractivity contribution in [2.24, 2.45) is 11.8 Å². The first kappa shape index (κ1) is 32.5. The average molecular weight is 729 g/mol. The van der Waals surface area contributed by atoms with Gasteiger partial charge in [0.15, 0.2) is 5.78 Å². The summed E-state index contributed by atoms with van der Waals surface area (Å²) >= 11 is 18.7. The SMILES string of the molecule is O=C1[C@@H]2[C@H](C(=O)N1c1ccc(Cl)c(C(F)(F)F)c1)[C@@]1(c3ccc(Cl)cc3)C(=O)[C@@]2(c2ccc(Cl)cc2)C(c2ccccc2)=C1c1ccccc1. The molecule has 2 amide bonds. The normalized spacial score (nSPS) is 24.4. The van der Waals surface area contributed by atoms with E-state index < -0.39 is 57.0 Å². The van der Waals surface area contributed by atoms with Gasteiger partial charge >= 0.3 is 6.18 Å². The van der Waals surface area contributed by atoms with Crippen LogP contribution in [-0.4, -0.2) is 17.6 Å². The molecule has 0 unspecified atom stereocenters. The summed E-state index contributed by atoms with van der Waals surface area (Å²) in [4.78, 5) is 46.8. The van der Waals surface area contributed by atoms with Gasteiger partial charge in [0.1, 0.15) is 0 Å². The Hall–Kier alpha value is -4.69. The quantitative estimate of drug-likeness (QED) is 0.169. The maximum Gasteiger partial charge on any atom is 0.417 e. The van der Waals surface area contributed by atoms with E-state index in [4.69, 9.17) is 34.8 Å². The Morgan fingerprint density at radius 2 is 0.980 bits per heavy atom. The molecule has 50 heavy (non-hydrogen) atoms. The van der Waals surface area contributed by atoms with E-state index in [-0.39, 0.29) is 5.69 Å². The number of rotatable bonds is 5. The van der Waals surface area contributed by atoms with Gasteiger partial charge in [0.25, 0.3) is 0 Å². The molecule has 5 aromatic carbocycles. The van der Waals surface area contributed by atoms with Crippen molar-refractivity contribution in [3.63, 3.8) is 0 Å². The summed E-state index contributed by atoms with van der Waals surface area (Å²) in [5.74, 6) is -4.67. The standard InChI is InChI=1S/C40H23Cl3F3NO3/c41-26-15-11-24(12-16-26)38-31(22-7-3-1-4-8-22)32(23-9-5-2-6-10-23)39(37(38)50,25-13-17-27(42)18-14-25)34-33(38)35(48)47(36(34)49)28-19-20-30(43)29(21-28)40(44,45)46/h1-21,33-34H/t33-,34+,38-,39-/m0/s1. The van der Waals surface area contributed by atoms with Gasteiger partial charge in [-0.3, -0.25) is 14.4 Å². The van der Waals surface area contributed by atoms with Crippen molar-refractivity contribution in [3.8, 4) is 0 Å². The number of nitrogens with zero attached hydrogens (tertiary/aromatic N) is 1. The van der Waals surface area contributed by atoms with E-state index in [1.54, 1.807) is 48.5 Å². The second-order valence-corrected chi connectivity index (χ2v) is 13.9. The van der Waals surface area contributed by atoms with Crippen LogP contribution in [0.5, 0.6) is 0 Å². The third-order valence-electron chi connectivity index (χ3n) is 10.2. The molecule has 4 nitrogen and oxygen atoms in total. The van der Waals surface area contributed by atoms with Gasteiger partial charge in [0.05, 0.1) is 38.9 Å². The number of amides is 2. The number of halogens is 6. The lowest BCUT2D eigenvalue weighted by Crippen LogP contribution is -2.45. The van der Waals surface area contributed by atoms with Crippen LogP contribution in [0.3, 0.4) is 0 Å². The highest BCUT2D eigenvalue weighted by Gasteiger charge is 2.82. The molecule has 3 aliphatic rings. The molecule has 1 saturated carbocycles. The highest BCUT2D eigenvalue weighted by atomic mass is 35.5. The third kappa shape index (κ3) is 4.30. The van der Waals surface area contributed by atoms with Crippen LogP contribution < -0.4 is 4.90 Å². The van der Waals surface area contributed by atoms with Crippen molar-refractivity contribution in [3.05, 3.63) is 170 Å². The summed E-state index contributed by atoms with van der Waals surface area (Å²) in [6.07, 6.45) is -4.86. The van der Waals surface area contributed by atoms with Crippen molar-refractivity contribution >= 4 is 69.2 Å². The smallest absolute Gasteiger partial charge is 0.297 e. The number of benzene rings is 5. The van der Waals surface area contributed by atoms with Crippen LogP contribution >= 0.6 is 34.8 Å². The fourth-order valence-corrected chi connectivity index (χ4v) is 8.96. The summed E-state index contributed by atoms with van der Waals surface area (Å²) in [6.45, 7) is 0. The van der Waals surface area contributed by atoms with E-state index in [9.17, 15) is 13.2 Å². The van der Waals surface area contributed by atoms with Crippen molar-refractivity contribution in [2.45, 2.75) is 17.0 Å². The van der Waals surface area contributed by atoms with Crippen molar-refractivity contribution in [1.29, 1.82) is 0 Å². The molecule has 2 aliphatic carbocycles. The van der Waals surface area contributed by atoms with Gasteiger partial charge < -0.3 is 0 Å². The molecular weight excluding hydrogens is 706 g/mol. The van der Waals surface area contributed by atoms with Gasteiger partial charge in [-0.2, -0.15) is 13.2 Å². The predicted octanol–water partition coefficient (Wildman–Crippen LogP) is 9.85. The van der Waals surface area contributed by atoms with Gasteiger partial charge in [-0.15, -0.1) is 0 Å². The van der Waals surface area contributed by atoms with E-state index in [1.807, 2.05) is 60.7 Å². The molecule has 0 aromatic heterocycles. The Labute approximate surface area is 299 Å². The van der Waals surface area contributed by atoms with Gasteiger partial charge in [-0.05, 0) is 75.9 Å². The molecule has 5 aromatic rings. The van der Waals surface area contributed by atoms with E-state index in [0.717, 1.165) is 11.0 Å². The molecule has 1 saturated heterocycles. The molecule has 1 aliphatic heterocycles. The van der Waals surface area contributed by atoms with E-state index in [1.165, 1.54) is 6.07 Å². The van der Waals surface area contributed by atoms with Crippen molar-refractivity contribution in [1.82, 2.24) is 0 Å². The van der Waals surface area contributed by atoms with Crippen molar-refractivity contribution < 1.29 is 27.6 Å². The largest absolute Gasteiger partial charge is 0.417 e. The zero-order valence-corrected chi connectivity index (χ0v) is 28.0. The third-order valence-corrected chi connectivity index (χ3v) is 11.1. The Morgan fingerprint density at radius 3 is 1.38 bits per heavy atom. The lowest BCUT2D eigenvalue weighted by atomic mass is 9.59. The monoisotopic (exact) mass is 727 g/mol. The van der Waals surface area contributed by atoms with Gasteiger partial charge in [-0.1, -0.05) is 120 Å². The fraction of sp³-hybridized carbons (Fsp3) is 0.125. The van der Waals surface area contributed by atoms with Gasteiger partial charge in [0, 0.05) is 10.0 Å². The second-order valence-electron chi connectivity index (χ2n) is 12.6. The molecule has 10 heteroatoms. The first-order chi connectivity index (χ1) is 23.9. The summed E-state index contributed by atoms with van der Waals surface area (Å²) in [5, 5.41) is 0.198. The highest BCUT2D eigenvalue weighted by Crippen LogP contribution is 2.74. The summed E-state index contributed by atoms with van der Waals surface area (Å²) in [6, 6.07) is 34.5. The number of carbonyl (C=O) groups is 3. The van der Waals surface area contributed by atoms with Gasteiger partial charge in [-0.25, -0.2) is 4.90 Å². The lowest BCUT2D eigenvalue weighted by molar-refractivity contribution is -0.137. The number of hydrogen-bond donors (Lipinski definition) is 0. The second kappa shape index (κ2) is 11.4. The van der Waals surface area contributed by atoms with Crippen LogP contribution in [-0.2, 0) is 31.4 Å². The number of ketones is 1. The summed E-state index contributed by atoms with van der Waals surface area (Å²) in [7, 11) is 0. The molecule has 1 heterocycles. The molecule has 2 bridgehead atoms. The maximum absolute atomic E-state index is 15.9. The van der Waals surface area contributed by atoms with Crippen LogP contribution in [0.2, 0.25) is 15.1 Å². The van der Waals surface area contributed by atoms with Gasteiger partial charge in [0.2, 0.25) is 11.8 Å². The van der Waals surface area contributed by atoms with Crippen LogP contribution in [0, 0.1) is 11.8 Å². The first-order valence-electron chi connectivity index (χ1n) is 15.6. The van der Waals surface area contributed by atoms with Crippen LogP contribution in [0.1, 0.15) is 27.8 Å². The number of hydrogen-bond acceptors (Lipinski definition) is 3. The molecule has 0 spiro atoms. The first-order valence-corrected chi connectivity index (χ1v) is 16.7. The highest BCUT2D eigenvalue weighted by molar-refractivity contribution is 6.39. The Bertz CT molecular complexity index is 2130. The molecule has 248 valence electrons. The molecular formula is C40H23Cl3F3NO3. The Morgan fingerprint density at radius 1 is 0.560 bits per heavy atom. The minimum Gasteiger partial charge on any atom is -0.297 e. The average Bonchev–Trinajstić information content (AvgIpc) is 3.61. The zero-order chi connectivity index (χ0) is 35.2. The number of allylic oxidation sites excluding steroid dienone is 2. The molecule has 2 fully saturated rings. The molecule has 4 atom stereocenters. The maximum atomic E-state index is 15.9.